The number of aliphatic carboxylic acids is 1. The molecular formula is C27H30N2O5. The molecule has 1 heterocycles. The molecule has 34 heavy (non-hydrogen) atoms. The second kappa shape index (κ2) is 8.78. The first-order chi connectivity index (χ1) is 16.4. The van der Waals surface area contributed by atoms with Crippen LogP contribution < -0.4 is 5.32 Å². The SMILES string of the molecule is C[C@@]1(C(=O)O)CCCN1C(=O)[C@H](CC1CC1)NC(=O)OCC1c2ccccc2-c2ccccc21. The van der Waals surface area contributed by atoms with Crippen LogP contribution >= 0.6 is 0 Å². The summed E-state index contributed by atoms with van der Waals surface area (Å²) in [6.07, 6.45) is 2.95. The normalized spacial score (nSPS) is 22.1. The van der Waals surface area contributed by atoms with Gasteiger partial charge in [0.1, 0.15) is 18.2 Å². The summed E-state index contributed by atoms with van der Waals surface area (Å²) in [7, 11) is 0. The molecule has 2 aromatic carbocycles. The summed E-state index contributed by atoms with van der Waals surface area (Å²) in [5.74, 6) is -1.03. The van der Waals surface area contributed by atoms with Gasteiger partial charge in [-0.1, -0.05) is 61.4 Å². The van der Waals surface area contributed by atoms with Crippen LogP contribution in [0.4, 0.5) is 4.79 Å². The van der Waals surface area contributed by atoms with Crippen molar-refractivity contribution in [3.8, 4) is 11.1 Å². The molecule has 1 saturated carbocycles. The Bertz CT molecular complexity index is 1080. The van der Waals surface area contributed by atoms with Crippen molar-refractivity contribution < 1.29 is 24.2 Å². The van der Waals surface area contributed by atoms with Gasteiger partial charge in [0.05, 0.1) is 0 Å². The van der Waals surface area contributed by atoms with E-state index in [-0.39, 0.29) is 18.4 Å². The molecule has 7 heteroatoms. The molecule has 2 N–H and O–H groups in total. The molecular weight excluding hydrogens is 432 g/mol. The highest BCUT2D eigenvalue weighted by atomic mass is 16.5. The van der Waals surface area contributed by atoms with E-state index in [1.807, 2.05) is 24.3 Å². The van der Waals surface area contributed by atoms with Crippen molar-refractivity contribution in [3.63, 3.8) is 0 Å². The number of amides is 2. The molecule has 7 nitrogen and oxygen atoms in total. The molecule has 2 aliphatic carbocycles. The lowest BCUT2D eigenvalue weighted by Gasteiger charge is -2.34. The van der Waals surface area contributed by atoms with Crippen LogP contribution in [0.15, 0.2) is 48.5 Å². The van der Waals surface area contributed by atoms with Gasteiger partial charge in [0, 0.05) is 12.5 Å². The van der Waals surface area contributed by atoms with E-state index in [1.54, 1.807) is 6.92 Å². The zero-order valence-electron chi connectivity index (χ0n) is 19.3. The first-order valence-corrected chi connectivity index (χ1v) is 12.0. The predicted molar refractivity (Wildman–Crippen MR) is 126 cm³/mol. The second-order valence-corrected chi connectivity index (χ2v) is 9.87. The van der Waals surface area contributed by atoms with Crippen LogP contribution in [0.2, 0.25) is 0 Å². The van der Waals surface area contributed by atoms with Gasteiger partial charge in [-0.05, 0) is 54.4 Å². The van der Waals surface area contributed by atoms with Gasteiger partial charge in [0.2, 0.25) is 5.91 Å². The minimum absolute atomic E-state index is 0.0652. The number of carbonyl (C=O) groups excluding carboxylic acids is 2. The number of hydrogen-bond acceptors (Lipinski definition) is 4. The van der Waals surface area contributed by atoms with E-state index in [9.17, 15) is 19.5 Å². The van der Waals surface area contributed by atoms with E-state index in [0.29, 0.717) is 31.7 Å². The standard InChI is InChI=1S/C27H30N2O5/c1-27(25(31)32)13-6-14-29(27)24(30)23(15-17-11-12-17)28-26(33)34-16-22-20-9-4-2-7-18(20)19-8-3-5-10-21(19)22/h2-5,7-10,17,22-23H,6,11-16H2,1H3,(H,28,33)(H,31,32)/t23-,27-/m0/s1. The minimum atomic E-state index is -1.23. The van der Waals surface area contributed by atoms with Crippen LogP contribution in [0.3, 0.4) is 0 Å². The molecule has 2 amide bonds. The van der Waals surface area contributed by atoms with Crippen molar-refractivity contribution in [1.82, 2.24) is 10.2 Å². The minimum Gasteiger partial charge on any atom is -0.480 e. The maximum Gasteiger partial charge on any atom is 0.407 e. The Hall–Kier alpha value is -3.35. The van der Waals surface area contributed by atoms with Crippen LogP contribution in [0.5, 0.6) is 0 Å². The number of fused-ring (bicyclic) bond motifs is 3. The van der Waals surface area contributed by atoms with Crippen molar-refractivity contribution in [2.45, 2.75) is 56.5 Å². The molecule has 178 valence electrons. The number of likely N-dealkylation sites (tertiary alicyclic amines) is 1. The highest BCUT2D eigenvalue weighted by Crippen LogP contribution is 2.44. The molecule has 2 fully saturated rings. The summed E-state index contributed by atoms with van der Waals surface area (Å²) < 4.78 is 5.65. The number of carboxylic acids is 1. The average molecular weight is 463 g/mol. The maximum atomic E-state index is 13.3. The Morgan fingerprint density at radius 1 is 1.09 bits per heavy atom. The number of carbonyl (C=O) groups is 3. The Kier molecular flexibility index (Phi) is 5.80. The summed E-state index contributed by atoms with van der Waals surface area (Å²) in [5, 5.41) is 12.5. The van der Waals surface area contributed by atoms with E-state index in [2.05, 4.69) is 29.6 Å². The molecule has 1 aliphatic heterocycles. The fourth-order valence-electron chi connectivity index (χ4n) is 5.42. The Morgan fingerprint density at radius 3 is 2.29 bits per heavy atom. The van der Waals surface area contributed by atoms with Crippen molar-refractivity contribution in [1.29, 1.82) is 0 Å². The van der Waals surface area contributed by atoms with Gasteiger partial charge in [0.25, 0.3) is 0 Å². The van der Waals surface area contributed by atoms with E-state index < -0.39 is 23.6 Å². The number of ether oxygens (including phenoxy) is 1. The summed E-state index contributed by atoms with van der Waals surface area (Å²) in [6.45, 7) is 2.14. The third-order valence-corrected chi connectivity index (χ3v) is 7.57. The van der Waals surface area contributed by atoms with Gasteiger partial charge in [0.15, 0.2) is 0 Å². The third-order valence-electron chi connectivity index (χ3n) is 7.57. The fraction of sp³-hybridized carbons (Fsp3) is 0.444. The number of nitrogens with one attached hydrogen (secondary N) is 1. The average Bonchev–Trinajstić information content (AvgIpc) is 3.47. The Balaban J connectivity index is 1.28. The van der Waals surface area contributed by atoms with E-state index in [0.717, 1.165) is 35.1 Å². The first kappa shape index (κ1) is 22.4. The van der Waals surface area contributed by atoms with Gasteiger partial charge >= 0.3 is 12.1 Å². The largest absolute Gasteiger partial charge is 0.480 e. The summed E-state index contributed by atoms with van der Waals surface area (Å²) >= 11 is 0. The van der Waals surface area contributed by atoms with Gasteiger partial charge in [-0.2, -0.15) is 0 Å². The highest BCUT2D eigenvalue weighted by molar-refractivity contribution is 5.91. The lowest BCUT2D eigenvalue weighted by molar-refractivity contribution is -0.156. The molecule has 1 saturated heterocycles. The second-order valence-electron chi connectivity index (χ2n) is 9.87. The van der Waals surface area contributed by atoms with E-state index in [1.165, 1.54) is 4.90 Å². The summed E-state index contributed by atoms with van der Waals surface area (Å²) in [6, 6.07) is 15.5. The molecule has 2 atom stereocenters. The smallest absolute Gasteiger partial charge is 0.407 e. The molecule has 5 rings (SSSR count). The van der Waals surface area contributed by atoms with Crippen LogP contribution in [0.25, 0.3) is 11.1 Å². The zero-order valence-corrected chi connectivity index (χ0v) is 19.3. The van der Waals surface area contributed by atoms with Crippen LogP contribution in [0.1, 0.15) is 56.1 Å². The van der Waals surface area contributed by atoms with Gasteiger partial charge < -0.3 is 20.1 Å². The molecule has 0 bridgehead atoms. The summed E-state index contributed by atoms with van der Waals surface area (Å²) in [4.78, 5) is 39.5. The molecule has 0 radical (unpaired) electrons. The number of hydrogen-bond donors (Lipinski definition) is 2. The lowest BCUT2D eigenvalue weighted by Crippen LogP contribution is -2.57. The van der Waals surface area contributed by atoms with Gasteiger partial charge in [-0.3, -0.25) is 4.79 Å². The number of alkyl carbamates (subject to hydrolysis) is 1. The molecule has 0 spiro atoms. The van der Waals surface area contributed by atoms with Crippen LogP contribution in [0, 0.1) is 5.92 Å². The fourth-order valence-corrected chi connectivity index (χ4v) is 5.42. The molecule has 2 aromatic rings. The monoisotopic (exact) mass is 462 g/mol. The third kappa shape index (κ3) is 4.04. The van der Waals surface area contributed by atoms with Crippen molar-refractivity contribution in [2.75, 3.05) is 13.2 Å². The van der Waals surface area contributed by atoms with Crippen molar-refractivity contribution in [3.05, 3.63) is 59.7 Å². The number of rotatable bonds is 7. The van der Waals surface area contributed by atoms with Crippen LogP contribution in [-0.4, -0.2) is 52.7 Å². The topological polar surface area (TPSA) is 95.9 Å². The van der Waals surface area contributed by atoms with Crippen LogP contribution in [-0.2, 0) is 14.3 Å². The maximum absolute atomic E-state index is 13.3. The van der Waals surface area contributed by atoms with Gasteiger partial charge in [-0.25, -0.2) is 9.59 Å². The van der Waals surface area contributed by atoms with Crippen molar-refractivity contribution in [2.24, 2.45) is 5.92 Å². The molecule has 3 aliphatic rings. The van der Waals surface area contributed by atoms with Crippen molar-refractivity contribution >= 4 is 18.0 Å². The highest BCUT2D eigenvalue weighted by Gasteiger charge is 2.48. The number of nitrogens with zero attached hydrogens (tertiary/aromatic N) is 1. The Labute approximate surface area is 199 Å². The molecule has 0 unspecified atom stereocenters. The summed E-state index contributed by atoms with van der Waals surface area (Å²) in [5.41, 5.74) is 3.31. The Morgan fingerprint density at radius 2 is 1.71 bits per heavy atom. The van der Waals surface area contributed by atoms with E-state index in [4.69, 9.17) is 4.74 Å². The number of carboxylic acid groups (broad SMARTS) is 1. The predicted octanol–water partition coefficient (Wildman–Crippen LogP) is 4.16. The number of benzene rings is 2. The molecule has 0 aromatic heterocycles. The zero-order chi connectivity index (χ0) is 23.9. The quantitative estimate of drug-likeness (QED) is 0.644. The van der Waals surface area contributed by atoms with E-state index >= 15 is 0 Å². The first-order valence-electron chi connectivity index (χ1n) is 12.0. The van der Waals surface area contributed by atoms with Gasteiger partial charge in [-0.15, -0.1) is 0 Å². The lowest BCUT2D eigenvalue weighted by atomic mass is 9.98.